The van der Waals surface area contributed by atoms with Gasteiger partial charge in [0.1, 0.15) is 6.04 Å². The van der Waals surface area contributed by atoms with Gasteiger partial charge in [0.25, 0.3) is 0 Å². The second kappa shape index (κ2) is 8.33. The van der Waals surface area contributed by atoms with Gasteiger partial charge >= 0.3 is 0 Å². The molecule has 2 aromatic carbocycles. The Morgan fingerprint density at radius 2 is 1.97 bits per heavy atom. The summed E-state index contributed by atoms with van der Waals surface area (Å²) in [4.78, 5) is 18.1. The quantitative estimate of drug-likeness (QED) is 0.434. The van der Waals surface area contributed by atoms with E-state index >= 15 is 0 Å². The molecule has 1 unspecified atom stereocenters. The fraction of sp³-hybridized carbons (Fsp3) is 0.346. The van der Waals surface area contributed by atoms with Gasteiger partial charge in [-0.05, 0) is 42.9 Å². The lowest BCUT2D eigenvalue weighted by atomic mass is 9.73. The van der Waals surface area contributed by atoms with Gasteiger partial charge in [-0.15, -0.1) is 5.10 Å². The molecule has 33 heavy (non-hydrogen) atoms. The minimum atomic E-state index is -0.378. The first-order valence-electron chi connectivity index (χ1n) is 11.1. The normalized spacial score (nSPS) is 19.2. The van der Waals surface area contributed by atoms with Gasteiger partial charge in [0, 0.05) is 34.0 Å². The van der Waals surface area contributed by atoms with E-state index in [1.54, 1.807) is 11.8 Å². The molecule has 2 heterocycles. The number of hydrogen-bond donors (Lipinski definition) is 1. The number of anilines is 1. The van der Waals surface area contributed by atoms with E-state index in [9.17, 15) is 4.79 Å². The Balaban J connectivity index is 1.53. The first-order chi connectivity index (χ1) is 15.7. The summed E-state index contributed by atoms with van der Waals surface area (Å²) in [5, 5.41) is 9.57. The standard InChI is InChI=1S/C26H27ClN4OS/c1-15-9-10-17(16(2)11-15)14-33-25-29-24-28-20-12-26(3,4)13-21(32)22(20)23(31(24)30-25)18-7-5-6-8-19(18)27/h5-11,23H,12-14H2,1-4H3,(H,28,29,30). The third kappa shape index (κ3) is 4.22. The molecule has 7 heteroatoms. The number of carbonyl (C=O) groups excluding carboxylic acids is 1. The van der Waals surface area contributed by atoms with Gasteiger partial charge < -0.3 is 5.32 Å². The highest BCUT2D eigenvalue weighted by molar-refractivity contribution is 7.98. The number of rotatable bonds is 4. The van der Waals surface area contributed by atoms with E-state index in [0.29, 0.717) is 22.5 Å². The molecular formula is C26H27ClN4OS. The Morgan fingerprint density at radius 1 is 1.18 bits per heavy atom. The van der Waals surface area contributed by atoms with Crippen LogP contribution in [0.1, 0.15) is 55.0 Å². The van der Waals surface area contributed by atoms with Gasteiger partial charge in [-0.3, -0.25) is 4.79 Å². The number of ketones is 1. The van der Waals surface area contributed by atoms with Crippen molar-refractivity contribution in [2.75, 3.05) is 5.32 Å². The topological polar surface area (TPSA) is 59.8 Å². The van der Waals surface area contributed by atoms with Crippen LogP contribution in [0.5, 0.6) is 0 Å². The smallest absolute Gasteiger partial charge is 0.227 e. The van der Waals surface area contributed by atoms with Crippen molar-refractivity contribution >= 4 is 35.1 Å². The number of carbonyl (C=O) groups is 1. The Labute approximate surface area is 203 Å². The van der Waals surface area contributed by atoms with Crippen LogP contribution in [0.25, 0.3) is 0 Å². The number of hydrogen-bond acceptors (Lipinski definition) is 5. The van der Waals surface area contributed by atoms with Gasteiger partial charge in [-0.1, -0.05) is 79.2 Å². The van der Waals surface area contributed by atoms with Gasteiger partial charge in [0.05, 0.1) is 0 Å². The second-order valence-electron chi connectivity index (χ2n) is 9.76. The molecule has 170 valence electrons. The predicted octanol–water partition coefficient (Wildman–Crippen LogP) is 6.50. The molecule has 0 saturated carbocycles. The van der Waals surface area contributed by atoms with Gasteiger partial charge in [0.15, 0.2) is 5.78 Å². The highest BCUT2D eigenvalue weighted by Crippen LogP contribution is 2.46. The number of thioether (sulfide) groups is 1. The lowest BCUT2D eigenvalue weighted by Gasteiger charge is -2.38. The van der Waals surface area contributed by atoms with Crippen LogP contribution in [-0.4, -0.2) is 20.5 Å². The van der Waals surface area contributed by atoms with Crippen LogP contribution in [0.3, 0.4) is 0 Å². The van der Waals surface area contributed by atoms with Crippen molar-refractivity contribution in [2.24, 2.45) is 5.41 Å². The Kier molecular flexibility index (Phi) is 5.61. The van der Waals surface area contributed by atoms with Crippen molar-refractivity contribution in [3.8, 4) is 0 Å². The molecule has 2 aliphatic rings. The van der Waals surface area contributed by atoms with Crippen LogP contribution in [0.2, 0.25) is 5.02 Å². The van der Waals surface area contributed by atoms with E-state index in [0.717, 1.165) is 29.0 Å². The first-order valence-corrected chi connectivity index (χ1v) is 12.5. The summed E-state index contributed by atoms with van der Waals surface area (Å²) in [5.74, 6) is 1.59. The van der Waals surface area contributed by atoms with Crippen LogP contribution in [0.4, 0.5) is 5.95 Å². The van der Waals surface area contributed by atoms with E-state index in [1.807, 2.05) is 28.9 Å². The van der Waals surface area contributed by atoms with E-state index in [1.165, 1.54) is 16.7 Å². The second-order valence-corrected chi connectivity index (χ2v) is 11.1. The Morgan fingerprint density at radius 3 is 2.73 bits per heavy atom. The summed E-state index contributed by atoms with van der Waals surface area (Å²) in [5.41, 5.74) is 6.26. The molecule has 1 aliphatic heterocycles. The van der Waals surface area contributed by atoms with Crippen LogP contribution in [-0.2, 0) is 10.5 Å². The zero-order valence-electron chi connectivity index (χ0n) is 19.3. The molecule has 0 saturated heterocycles. The van der Waals surface area contributed by atoms with Gasteiger partial charge in [-0.25, -0.2) is 4.68 Å². The van der Waals surface area contributed by atoms with Crippen molar-refractivity contribution in [3.05, 3.63) is 81.0 Å². The predicted molar refractivity (Wildman–Crippen MR) is 134 cm³/mol. The zero-order valence-corrected chi connectivity index (χ0v) is 20.8. The summed E-state index contributed by atoms with van der Waals surface area (Å²) < 4.78 is 1.83. The molecule has 1 atom stereocenters. The van der Waals surface area contributed by atoms with Crippen molar-refractivity contribution < 1.29 is 4.79 Å². The number of fused-ring (bicyclic) bond motifs is 1. The summed E-state index contributed by atoms with van der Waals surface area (Å²) in [6, 6.07) is 13.8. The number of aryl methyl sites for hydroxylation is 2. The lowest BCUT2D eigenvalue weighted by Crippen LogP contribution is -2.36. The average molecular weight is 479 g/mol. The number of nitrogens with zero attached hydrogens (tertiary/aromatic N) is 3. The zero-order chi connectivity index (χ0) is 23.3. The van der Waals surface area contributed by atoms with Crippen molar-refractivity contribution in [1.29, 1.82) is 0 Å². The number of nitrogens with one attached hydrogen (secondary N) is 1. The first kappa shape index (κ1) is 22.2. The summed E-state index contributed by atoms with van der Waals surface area (Å²) in [6.07, 6.45) is 1.29. The van der Waals surface area contributed by atoms with Crippen molar-refractivity contribution in [2.45, 2.75) is 57.5 Å². The van der Waals surface area contributed by atoms with Crippen LogP contribution >= 0.6 is 23.4 Å². The lowest BCUT2D eigenvalue weighted by molar-refractivity contribution is -0.118. The van der Waals surface area contributed by atoms with Crippen LogP contribution in [0, 0.1) is 19.3 Å². The SMILES string of the molecule is Cc1ccc(CSc2nc3n(n2)C(c2ccccc2Cl)C2=C(CC(C)(C)CC2=O)N3)c(C)c1. The largest absolute Gasteiger partial charge is 0.328 e. The average Bonchev–Trinajstić information content (AvgIpc) is 3.14. The molecule has 5 rings (SSSR count). The molecule has 1 N–H and O–H groups in total. The van der Waals surface area contributed by atoms with E-state index < -0.39 is 0 Å². The minimum absolute atomic E-state index is 0.101. The third-order valence-electron chi connectivity index (χ3n) is 6.37. The van der Waals surface area contributed by atoms with E-state index in [2.05, 4.69) is 51.2 Å². The molecule has 3 aromatic rings. The van der Waals surface area contributed by atoms with Gasteiger partial charge in [-0.2, -0.15) is 4.98 Å². The number of benzene rings is 2. The fourth-order valence-corrected chi connectivity index (χ4v) is 5.93. The molecule has 0 radical (unpaired) electrons. The molecule has 0 spiro atoms. The maximum atomic E-state index is 13.3. The van der Waals surface area contributed by atoms with Crippen LogP contribution in [0.15, 0.2) is 58.9 Å². The molecule has 1 aromatic heterocycles. The summed E-state index contributed by atoms with van der Waals surface area (Å²) >= 11 is 8.22. The maximum Gasteiger partial charge on any atom is 0.227 e. The minimum Gasteiger partial charge on any atom is -0.328 e. The summed E-state index contributed by atoms with van der Waals surface area (Å²) in [7, 11) is 0. The Hall–Kier alpha value is -2.57. The van der Waals surface area contributed by atoms with Crippen molar-refractivity contribution in [1.82, 2.24) is 14.8 Å². The monoisotopic (exact) mass is 478 g/mol. The summed E-state index contributed by atoms with van der Waals surface area (Å²) in [6.45, 7) is 8.50. The fourth-order valence-electron chi connectivity index (χ4n) is 4.78. The number of Topliss-reactive ketones (excluding diaryl/α,β-unsaturated/α-hetero) is 1. The molecule has 1 aliphatic carbocycles. The molecule has 0 amide bonds. The number of aromatic nitrogens is 3. The third-order valence-corrected chi connectivity index (χ3v) is 7.60. The highest BCUT2D eigenvalue weighted by Gasteiger charge is 2.42. The molecule has 0 bridgehead atoms. The molecular weight excluding hydrogens is 452 g/mol. The molecule has 5 nitrogen and oxygen atoms in total. The molecule has 0 fully saturated rings. The van der Waals surface area contributed by atoms with E-state index in [4.69, 9.17) is 21.7 Å². The number of halogens is 1. The number of allylic oxidation sites excluding steroid dienone is 2. The Bertz CT molecular complexity index is 1290. The van der Waals surface area contributed by atoms with Gasteiger partial charge in [0.2, 0.25) is 11.1 Å². The van der Waals surface area contributed by atoms with Crippen molar-refractivity contribution in [3.63, 3.8) is 0 Å². The van der Waals surface area contributed by atoms with Crippen LogP contribution < -0.4 is 5.32 Å². The van der Waals surface area contributed by atoms with E-state index in [-0.39, 0.29) is 17.2 Å². The highest BCUT2D eigenvalue weighted by atomic mass is 35.5. The maximum absolute atomic E-state index is 13.3.